The van der Waals surface area contributed by atoms with Crippen LogP contribution in [0.4, 0.5) is 5.82 Å². The first-order chi connectivity index (χ1) is 9.22. The second-order valence-corrected chi connectivity index (χ2v) is 6.10. The Hall–Kier alpha value is -1.14. The van der Waals surface area contributed by atoms with Crippen LogP contribution in [0.15, 0.2) is 23.2 Å². The van der Waals surface area contributed by atoms with E-state index in [1.807, 2.05) is 16.8 Å². The third-order valence-electron chi connectivity index (χ3n) is 3.98. The number of nitrogens with zero attached hydrogens (tertiary/aromatic N) is 3. The van der Waals surface area contributed by atoms with E-state index >= 15 is 0 Å². The number of fused-ring (bicyclic) bond motifs is 1. The van der Waals surface area contributed by atoms with Gasteiger partial charge in [0.05, 0.1) is 6.61 Å². The van der Waals surface area contributed by atoms with Gasteiger partial charge in [-0.1, -0.05) is 12.8 Å². The number of hydrogen-bond acceptors (Lipinski definition) is 4. The summed E-state index contributed by atoms with van der Waals surface area (Å²) in [6.45, 7) is 0.980. The molecule has 1 aliphatic carbocycles. The average Bonchev–Trinajstić information content (AvgIpc) is 3.05. The molecule has 0 atom stereocenters. The maximum atomic E-state index is 9.63. The summed E-state index contributed by atoms with van der Waals surface area (Å²) < 4.78 is 2.70. The Morgan fingerprint density at radius 2 is 2.21 bits per heavy atom. The molecule has 19 heavy (non-hydrogen) atoms. The molecule has 6 heteroatoms. The molecule has 0 spiro atoms. The number of aliphatic hydroxyl groups excluding tert-OH is 1. The molecule has 0 saturated heterocycles. The number of nitrogens with one attached hydrogen (secondary N) is 1. The van der Waals surface area contributed by atoms with Crippen molar-refractivity contribution in [2.75, 3.05) is 18.5 Å². The van der Waals surface area contributed by atoms with Crippen molar-refractivity contribution in [1.82, 2.24) is 14.4 Å². The largest absolute Gasteiger partial charge is 0.396 e. The van der Waals surface area contributed by atoms with Gasteiger partial charge in [-0.05, 0) is 28.8 Å². The van der Waals surface area contributed by atoms with Crippen molar-refractivity contribution < 1.29 is 5.11 Å². The highest BCUT2D eigenvalue weighted by molar-refractivity contribution is 9.10. The summed E-state index contributed by atoms with van der Waals surface area (Å²) in [5.74, 6) is 0.763. The molecule has 2 aromatic rings. The highest BCUT2D eigenvalue weighted by Gasteiger charge is 2.33. The first-order valence-electron chi connectivity index (χ1n) is 6.56. The summed E-state index contributed by atoms with van der Waals surface area (Å²) in [6.07, 6.45) is 10.1. The van der Waals surface area contributed by atoms with Crippen molar-refractivity contribution in [3.8, 4) is 0 Å². The molecule has 0 aliphatic heterocycles. The molecule has 1 saturated carbocycles. The van der Waals surface area contributed by atoms with E-state index in [4.69, 9.17) is 0 Å². The maximum Gasteiger partial charge on any atom is 0.180 e. The summed E-state index contributed by atoms with van der Waals surface area (Å²) in [4.78, 5) is 8.75. The minimum atomic E-state index is 0.00752. The average molecular weight is 325 g/mol. The van der Waals surface area contributed by atoms with Crippen LogP contribution in [0.3, 0.4) is 0 Å². The zero-order valence-electron chi connectivity index (χ0n) is 10.6. The summed E-state index contributed by atoms with van der Waals surface area (Å²) in [5.41, 5.74) is 0.822. The monoisotopic (exact) mass is 324 g/mol. The van der Waals surface area contributed by atoms with Crippen LogP contribution in [-0.4, -0.2) is 32.6 Å². The Bertz CT molecular complexity index is 577. The van der Waals surface area contributed by atoms with Gasteiger partial charge in [0.25, 0.3) is 0 Å². The van der Waals surface area contributed by atoms with E-state index in [1.54, 1.807) is 6.20 Å². The molecule has 0 aromatic carbocycles. The smallest absolute Gasteiger partial charge is 0.180 e. The third-order valence-corrected chi connectivity index (χ3v) is 4.36. The molecular formula is C13H17BrN4O. The first-order valence-corrected chi connectivity index (χ1v) is 7.36. The maximum absolute atomic E-state index is 9.63. The molecule has 0 unspecified atom stereocenters. The van der Waals surface area contributed by atoms with E-state index in [2.05, 4.69) is 31.2 Å². The van der Waals surface area contributed by atoms with Gasteiger partial charge in [-0.15, -0.1) is 0 Å². The van der Waals surface area contributed by atoms with Gasteiger partial charge >= 0.3 is 0 Å². The highest BCUT2D eigenvalue weighted by atomic mass is 79.9. The Morgan fingerprint density at radius 3 is 2.95 bits per heavy atom. The third kappa shape index (κ3) is 2.47. The van der Waals surface area contributed by atoms with Crippen LogP contribution in [0, 0.1) is 5.41 Å². The van der Waals surface area contributed by atoms with Crippen LogP contribution in [-0.2, 0) is 0 Å². The van der Waals surface area contributed by atoms with Crippen LogP contribution >= 0.6 is 15.9 Å². The Balaban J connectivity index is 1.83. The van der Waals surface area contributed by atoms with E-state index < -0.39 is 0 Å². The van der Waals surface area contributed by atoms with E-state index in [1.165, 1.54) is 12.8 Å². The Morgan fingerprint density at radius 1 is 1.42 bits per heavy atom. The van der Waals surface area contributed by atoms with Gasteiger partial charge in [-0.25, -0.2) is 9.97 Å². The van der Waals surface area contributed by atoms with E-state index in [9.17, 15) is 5.11 Å². The normalized spacial score (nSPS) is 18.0. The van der Waals surface area contributed by atoms with Crippen molar-refractivity contribution in [2.45, 2.75) is 25.7 Å². The zero-order valence-corrected chi connectivity index (χ0v) is 12.2. The van der Waals surface area contributed by atoms with Gasteiger partial charge < -0.3 is 14.8 Å². The number of anilines is 1. The molecule has 3 rings (SSSR count). The molecule has 0 radical (unpaired) electrons. The Kier molecular flexibility index (Phi) is 3.45. The van der Waals surface area contributed by atoms with Gasteiger partial charge in [0.2, 0.25) is 0 Å². The number of aromatic nitrogens is 3. The van der Waals surface area contributed by atoms with Gasteiger partial charge in [-0.3, -0.25) is 0 Å². The summed E-state index contributed by atoms with van der Waals surface area (Å²) in [7, 11) is 0. The minimum absolute atomic E-state index is 0.00752. The number of rotatable bonds is 4. The second kappa shape index (κ2) is 5.09. The van der Waals surface area contributed by atoms with Crippen LogP contribution in [0.25, 0.3) is 5.65 Å². The number of halogens is 1. The molecule has 0 bridgehead atoms. The van der Waals surface area contributed by atoms with Crippen LogP contribution in [0.5, 0.6) is 0 Å². The molecule has 1 aliphatic rings. The van der Waals surface area contributed by atoms with Crippen molar-refractivity contribution in [1.29, 1.82) is 0 Å². The molecule has 0 amide bonds. The topological polar surface area (TPSA) is 62.5 Å². The standard InChI is InChI=1S/C13H17BrN4O/c14-10-7-18-6-5-15-12(18)11(17-10)16-8-13(9-19)3-1-2-4-13/h5-7,19H,1-4,8-9H2,(H,16,17). The highest BCUT2D eigenvalue weighted by Crippen LogP contribution is 2.37. The van der Waals surface area contributed by atoms with Crippen LogP contribution in [0.2, 0.25) is 0 Å². The lowest BCUT2D eigenvalue weighted by Gasteiger charge is -2.26. The van der Waals surface area contributed by atoms with Gasteiger partial charge in [0.15, 0.2) is 11.5 Å². The van der Waals surface area contributed by atoms with Crippen molar-refractivity contribution in [2.24, 2.45) is 5.41 Å². The lowest BCUT2D eigenvalue weighted by Crippen LogP contribution is -2.31. The van der Waals surface area contributed by atoms with Gasteiger partial charge in [0, 0.05) is 30.6 Å². The predicted octanol–water partition coefficient (Wildman–Crippen LogP) is 2.46. The summed E-state index contributed by atoms with van der Waals surface area (Å²) in [5, 5.41) is 13.0. The fourth-order valence-corrected chi connectivity index (χ4v) is 3.20. The molecular weight excluding hydrogens is 308 g/mol. The van der Waals surface area contributed by atoms with Crippen LogP contribution < -0.4 is 5.32 Å². The van der Waals surface area contributed by atoms with Gasteiger partial charge in [-0.2, -0.15) is 0 Å². The van der Waals surface area contributed by atoms with Gasteiger partial charge in [0.1, 0.15) is 4.60 Å². The molecule has 1 fully saturated rings. The SMILES string of the molecule is OCC1(CNc2nc(Br)cn3ccnc23)CCCC1. The fourth-order valence-electron chi connectivity index (χ4n) is 2.81. The fraction of sp³-hybridized carbons (Fsp3) is 0.538. The minimum Gasteiger partial charge on any atom is -0.396 e. The molecule has 2 aromatic heterocycles. The molecule has 5 nitrogen and oxygen atoms in total. The summed E-state index contributed by atoms with van der Waals surface area (Å²) in [6, 6.07) is 0. The molecule has 2 heterocycles. The molecule has 2 N–H and O–H groups in total. The summed E-state index contributed by atoms with van der Waals surface area (Å²) >= 11 is 3.40. The lowest BCUT2D eigenvalue weighted by atomic mass is 9.87. The number of imidazole rings is 1. The van der Waals surface area contributed by atoms with E-state index in [-0.39, 0.29) is 12.0 Å². The quantitative estimate of drug-likeness (QED) is 0.906. The Labute approximate surface area is 120 Å². The van der Waals surface area contributed by atoms with Crippen molar-refractivity contribution in [3.05, 3.63) is 23.2 Å². The number of hydrogen-bond donors (Lipinski definition) is 2. The second-order valence-electron chi connectivity index (χ2n) is 5.29. The first kappa shape index (κ1) is 12.9. The zero-order chi connectivity index (χ0) is 13.3. The van der Waals surface area contributed by atoms with E-state index in [0.717, 1.165) is 35.5 Å². The predicted molar refractivity (Wildman–Crippen MR) is 77.2 cm³/mol. The molecule has 102 valence electrons. The number of aliphatic hydroxyl groups is 1. The van der Waals surface area contributed by atoms with Crippen molar-refractivity contribution >= 4 is 27.4 Å². The van der Waals surface area contributed by atoms with E-state index in [0.29, 0.717) is 0 Å². The lowest BCUT2D eigenvalue weighted by molar-refractivity contribution is 0.142. The van der Waals surface area contributed by atoms with Crippen LogP contribution in [0.1, 0.15) is 25.7 Å². The van der Waals surface area contributed by atoms with Crippen molar-refractivity contribution in [3.63, 3.8) is 0 Å².